The lowest BCUT2D eigenvalue weighted by Gasteiger charge is -2.11. The molecule has 0 amide bonds. The first-order valence-electron chi connectivity index (χ1n) is 9.58. The van der Waals surface area contributed by atoms with E-state index in [-0.39, 0.29) is 6.61 Å². The minimum absolute atomic E-state index is 0.190. The molecule has 0 fully saturated rings. The molecule has 2 N–H and O–H groups in total. The van der Waals surface area contributed by atoms with Crippen LogP contribution in [0, 0.1) is 0 Å². The Labute approximate surface area is 157 Å². The second-order valence-electron chi connectivity index (χ2n) is 6.25. The van der Waals surface area contributed by atoms with Crippen LogP contribution in [0.4, 0.5) is 5.69 Å². The molecule has 0 aliphatic heterocycles. The molecule has 0 saturated carbocycles. The van der Waals surface area contributed by atoms with Crippen molar-refractivity contribution in [2.24, 2.45) is 0 Å². The average Bonchev–Trinajstić information content (AvgIpc) is 2.68. The zero-order valence-corrected chi connectivity index (χ0v) is 15.5. The van der Waals surface area contributed by atoms with Crippen molar-refractivity contribution in [2.75, 3.05) is 38.3 Å². The molecule has 0 spiro atoms. The fourth-order valence-electron chi connectivity index (χ4n) is 2.77. The number of ether oxygens (including phenoxy) is 2. The van der Waals surface area contributed by atoms with Crippen LogP contribution < -0.4 is 10.1 Å². The monoisotopic (exact) mass is 357 g/mol. The first-order chi connectivity index (χ1) is 12.9. The van der Waals surface area contributed by atoms with E-state index in [1.807, 2.05) is 42.5 Å². The Balaban J connectivity index is 1.41. The molecule has 0 aromatic heterocycles. The van der Waals surface area contributed by atoms with Crippen molar-refractivity contribution in [1.29, 1.82) is 0 Å². The Hall–Kier alpha value is -2.04. The molecule has 142 valence electrons. The maximum absolute atomic E-state index is 9.10. The minimum atomic E-state index is 0.190. The molecule has 2 aromatic rings. The highest BCUT2D eigenvalue weighted by Gasteiger charge is 2.00. The highest BCUT2D eigenvalue weighted by Crippen LogP contribution is 2.15. The average molecular weight is 357 g/mol. The number of nitrogens with one attached hydrogen (secondary N) is 1. The van der Waals surface area contributed by atoms with Crippen molar-refractivity contribution >= 4 is 5.69 Å². The van der Waals surface area contributed by atoms with Gasteiger partial charge in [0.1, 0.15) is 12.4 Å². The number of para-hydroxylation sites is 2. The first kappa shape index (κ1) is 20.3. The lowest BCUT2D eigenvalue weighted by molar-refractivity contribution is 0.0971. The molecule has 0 atom stereocenters. The summed E-state index contributed by atoms with van der Waals surface area (Å²) >= 11 is 0. The second-order valence-corrected chi connectivity index (χ2v) is 6.25. The second kappa shape index (κ2) is 13.2. The highest BCUT2D eigenvalue weighted by atomic mass is 16.5. The summed E-state index contributed by atoms with van der Waals surface area (Å²) < 4.78 is 11.2. The van der Waals surface area contributed by atoms with Gasteiger partial charge >= 0.3 is 0 Å². The molecule has 2 rings (SSSR count). The van der Waals surface area contributed by atoms with Gasteiger partial charge in [-0.3, -0.25) is 0 Å². The lowest BCUT2D eigenvalue weighted by Crippen LogP contribution is -2.07. The van der Waals surface area contributed by atoms with Crippen LogP contribution in [0.3, 0.4) is 0 Å². The van der Waals surface area contributed by atoms with E-state index in [1.54, 1.807) is 0 Å². The van der Waals surface area contributed by atoms with Gasteiger partial charge in [0.05, 0.1) is 6.61 Å². The Morgan fingerprint density at radius 1 is 0.769 bits per heavy atom. The topological polar surface area (TPSA) is 50.7 Å². The van der Waals surface area contributed by atoms with Gasteiger partial charge in [-0.25, -0.2) is 0 Å². The molecule has 0 bridgehead atoms. The Kier molecular flexibility index (Phi) is 10.3. The molecule has 4 nitrogen and oxygen atoms in total. The number of unbranched alkanes of at least 4 members (excludes halogenated alkanes) is 3. The van der Waals surface area contributed by atoms with E-state index >= 15 is 0 Å². The molecule has 26 heavy (non-hydrogen) atoms. The SMILES string of the molecule is OCCc1ccccc1NCCCCCCOCCOc1ccccc1. The van der Waals surface area contributed by atoms with Gasteiger partial charge in [-0.1, -0.05) is 49.2 Å². The lowest BCUT2D eigenvalue weighted by atomic mass is 10.1. The largest absolute Gasteiger partial charge is 0.491 e. The number of aliphatic hydroxyl groups excluding tert-OH is 1. The number of aliphatic hydroxyl groups is 1. The third-order valence-electron chi connectivity index (χ3n) is 4.17. The van der Waals surface area contributed by atoms with Crippen LogP contribution in [0.15, 0.2) is 54.6 Å². The van der Waals surface area contributed by atoms with Crippen molar-refractivity contribution < 1.29 is 14.6 Å². The van der Waals surface area contributed by atoms with Gasteiger partial charge in [-0.15, -0.1) is 0 Å². The zero-order chi connectivity index (χ0) is 18.3. The summed E-state index contributed by atoms with van der Waals surface area (Å²) in [6.45, 7) is 3.19. The third-order valence-corrected chi connectivity index (χ3v) is 4.17. The first-order valence-corrected chi connectivity index (χ1v) is 9.58. The minimum Gasteiger partial charge on any atom is -0.491 e. The Bertz CT molecular complexity index is 589. The van der Waals surface area contributed by atoms with E-state index in [0.29, 0.717) is 19.6 Å². The Morgan fingerprint density at radius 2 is 1.54 bits per heavy atom. The van der Waals surface area contributed by atoms with E-state index in [2.05, 4.69) is 17.4 Å². The summed E-state index contributed by atoms with van der Waals surface area (Å²) in [7, 11) is 0. The predicted octanol–water partition coefficient (Wildman–Crippen LogP) is 4.29. The van der Waals surface area contributed by atoms with Crippen LogP contribution in [0.1, 0.15) is 31.2 Å². The van der Waals surface area contributed by atoms with Crippen LogP contribution >= 0.6 is 0 Å². The van der Waals surface area contributed by atoms with Crippen molar-refractivity contribution in [3.63, 3.8) is 0 Å². The molecule has 0 heterocycles. The number of anilines is 1. The van der Waals surface area contributed by atoms with E-state index < -0.39 is 0 Å². The molecule has 0 saturated heterocycles. The van der Waals surface area contributed by atoms with Crippen molar-refractivity contribution in [3.8, 4) is 5.75 Å². The number of benzene rings is 2. The molecular weight excluding hydrogens is 326 g/mol. The quantitative estimate of drug-likeness (QED) is 0.495. The molecule has 0 aliphatic rings. The van der Waals surface area contributed by atoms with Gasteiger partial charge in [0, 0.05) is 25.4 Å². The highest BCUT2D eigenvalue weighted by molar-refractivity contribution is 5.51. The molecule has 0 radical (unpaired) electrons. The van der Waals surface area contributed by atoms with Crippen LogP contribution in [0.2, 0.25) is 0 Å². The van der Waals surface area contributed by atoms with Gasteiger partial charge in [0.2, 0.25) is 0 Å². The Morgan fingerprint density at radius 3 is 2.38 bits per heavy atom. The van der Waals surface area contributed by atoms with Gasteiger partial charge < -0.3 is 19.9 Å². The van der Waals surface area contributed by atoms with E-state index in [1.165, 1.54) is 18.4 Å². The number of hydrogen-bond acceptors (Lipinski definition) is 4. The van der Waals surface area contributed by atoms with Crippen LogP contribution in [0.25, 0.3) is 0 Å². The number of hydrogen-bond donors (Lipinski definition) is 2. The van der Waals surface area contributed by atoms with E-state index in [0.717, 1.165) is 37.4 Å². The molecular formula is C22H31NO3. The third kappa shape index (κ3) is 8.37. The van der Waals surface area contributed by atoms with Crippen LogP contribution in [0.5, 0.6) is 5.75 Å². The summed E-state index contributed by atoms with van der Waals surface area (Å²) in [6, 6.07) is 18.0. The van der Waals surface area contributed by atoms with Crippen LogP contribution in [-0.4, -0.2) is 38.1 Å². The standard InChI is InChI=1S/C22H31NO3/c24-16-14-20-10-6-7-13-22(20)23-15-8-1-2-9-17-25-18-19-26-21-11-4-3-5-12-21/h3-7,10-13,23-24H,1-2,8-9,14-19H2. The predicted molar refractivity (Wildman–Crippen MR) is 107 cm³/mol. The maximum Gasteiger partial charge on any atom is 0.119 e. The molecule has 0 unspecified atom stereocenters. The molecule has 4 heteroatoms. The van der Waals surface area contributed by atoms with E-state index in [4.69, 9.17) is 14.6 Å². The van der Waals surface area contributed by atoms with Gasteiger partial charge in [0.25, 0.3) is 0 Å². The van der Waals surface area contributed by atoms with Gasteiger partial charge in [-0.05, 0) is 43.0 Å². The normalized spacial score (nSPS) is 10.7. The van der Waals surface area contributed by atoms with Crippen molar-refractivity contribution in [2.45, 2.75) is 32.1 Å². The van der Waals surface area contributed by atoms with E-state index in [9.17, 15) is 0 Å². The summed E-state index contributed by atoms with van der Waals surface area (Å²) in [5.74, 6) is 0.893. The fourth-order valence-corrected chi connectivity index (χ4v) is 2.77. The maximum atomic E-state index is 9.10. The fraction of sp³-hybridized carbons (Fsp3) is 0.455. The summed E-state index contributed by atoms with van der Waals surface area (Å²) in [5, 5.41) is 12.6. The van der Waals surface area contributed by atoms with Crippen molar-refractivity contribution in [1.82, 2.24) is 0 Å². The smallest absolute Gasteiger partial charge is 0.119 e. The zero-order valence-electron chi connectivity index (χ0n) is 15.5. The van der Waals surface area contributed by atoms with Gasteiger partial charge in [-0.2, -0.15) is 0 Å². The summed E-state index contributed by atoms with van der Waals surface area (Å²) in [6.07, 6.45) is 5.31. The summed E-state index contributed by atoms with van der Waals surface area (Å²) in [4.78, 5) is 0. The van der Waals surface area contributed by atoms with Crippen molar-refractivity contribution in [3.05, 3.63) is 60.2 Å². The number of rotatable bonds is 14. The summed E-state index contributed by atoms with van der Waals surface area (Å²) in [5.41, 5.74) is 2.32. The molecule has 0 aliphatic carbocycles. The van der Waals surface area contributed by atoms with Crippen LogP contribution in [-0.2, 0) is 11.2 Å². The van der Waals surface area contributed by atoms with Gasteiger partial charge in [0.15, 0.2) is 0 Å². The molecule has 2 aromatic carbocycles.